The van der Waals surface area contributed by atoms with E-state index in [-0.39, 0.29) is 5.82 Å². The molecule has 3 heterocycles. The van der Waals surface area contributed by atoms with Crippen LogP contribution in [0, 0.1) is 5.82 Å². The maximum Gasteiger partial charge on any atom is 0.149 e. The molecule has 1 aliphatic heterocycles. The van der Waals surface area contributed by atoms with Crippen molar-refractivity contribution in [3.63, 3.8) is 0 Å². The smallest absolute Gasteiger partial charge is 0.149 e. The van der Waals surface area contributed by atoms with Gasteiger partial charge in [-0.3, -0.25) is 0 Å². The van der Waals surface area contributed by atoms with E-state index in [2.05, 4.69) is 27.2 Å². The fourth-order valence-electron chi connectivity index (χ4n) is 3.33. The van der Waals surface area contributed by atoms with E-state index in [1.165, 1.54) is 23.1 Å². The molecule has 0 spiro atoms. The Morgan fingerprint density at radius 2 is 2.25 bits per heavy atom. The Balaban J connectivity index is 1.66. The standard InChI is InChI=1S/C18H19FN4S/c1-2-13-10-24-18(22-13)12-5-4-8-23(9-12)17-14-6-3-7-15(19)16(14)20-11-21-17/h3,6-7,10-12H,2,4-5,8-9H2,1H3. The molecule has 0 saturated carbocycles. The van der Waals surface area contributed by atoms with Crippen LogP contribution in [0.2, 0.25) is 0 Å². The summed E-state index contributed by atoms with van der Waals surface area (Å²) < 4.78 is 14.0. The summed E-state index contributed by atoms with van der Waals surface area (Å²) in [5, 5.41) is 4.15. The first kappa shape index (κ1) is 15.4. The molecule has 4 nitrogen and oxygen atoms in total. The summed E-state index contributed by atoms with van der Waals surface area (Å²) in [6.45, 7) is 3.94. The minimum Gasteiger partial charge on any atom is -0.355 e. The lowest BCUT2D eigenvalue weighted by molar-refractivity contribution is 0.505. The van der Waals surface area contributed by atoms with Crippen LogP contribution in [0.5, 0.6) is 0 Å². The van der Waals surface area contributed by atoms with Gasteiger partial charge in [0, 0.05) is 29.8 Å². The summed E-state index contributed by atoms with van der Waals surface area (Å²) in [6.07, 6.45) is 4.67. The van der Waals surface area contributed by atoms with Crippen LogP contribution in [-0.4, -0.2) is 28.0 Å². The van der Waals surface area contributed by atoms with Gasteiger partial charge in [0.25, 0.3) is 0 Å². The quantitative estimate of drug-likeness (QED) is 0.716. The molecule has 1 unspecified atom stereocenters. The van der Waals surface area contributed by atoms with E-state index in [0.717, 1.165) is 43.6 Å². The number of rotatable bonds is 3. The summed E-state index contributed by atoms with van der Waals surface area (Å²) in [5.74, 6) is 0.955. The predicted octanol–water partition coefficient (Wildman–Crippen LogP) is 4.17. The molecule has 0 amide bonds. The van der Waals surface area contributed by atoms with Gasteiger partial charge in [-0.1, -0.05) is 13.0 Å². The van der Waals surface area contributed by atoms with Crippen LogP contribution in [0.1, 0.15) is 36.4 Å². The molecular formula is C18H19FN4S. The van der Waals surface area contributed by atoms with Crippen molar-refractivity contribution in [1.29, 1.82) is 0 Å². The monoisotopic (exact) mass is 342 g/mol. The highest BCUT2D eigenvalue weighted by Crippen LogP contribution is 2.33. The second kappa shape index (κ2) is 6.43. The van der Waals surface area contributed by atoms with Crippen molar-refractivity contribution in [3.05, 3.63) is 46.4 Å². The average Bonchev–Trinajstić information content (AvgIpc) is 3.11. The van der Waals surface area contributed by atoms with Crippen molar-refractivity contribution in [2.24, 2.45) is 0 Å². The number of aromatic nitrogens is 3. The Morgan fingerprint density at radius 1 is 1.33 bits per heavy atom. The first-order chi connectivity index (χ1) is 11.8. The van der Waals surface area contributed by atoms with E-state index >= 15 is 0 Å². The molecule has 3 aromatic rings. The molecule has 1 saturated heterocycles. The van der Waals surface area contributed by atoms with Gasteiger partial charge in [0.2, 0.25) is 0 Å². The van der Waals surface area contributed by atoms with Gasteiger partial charge in [0.1, 0.15) is 23.5 Å². The Labute approximate surface area is 144 Å². The van der Waals surface area contributed by atoms with Gasteiger partial charge in [-0.05, 0) is 31.4 Å². The van der Waals surface area contributed by atoms with Gasteiger partial charge in [-0.2, -0.15) is 0 Å². The topological polar surface area (TPSA) is 41.9 Å². The summed E-state index contributed by atoms with van der Waals surface area (Å²) in [7, 11) is 0. The van der Waals surface area contributed by atoms with Crippen molar-refractivity contribution in [2.75, 3.05) is 18.0 Å². The zero-order valence-electron chi connectivity index (χ0n) is 13.6. The van der Waals surface area contributed by atoms with E-state index in [1.807, 2.05) is 6.07 Å². The SMILES string of the molecule is CCc1csc(C2CCCN(c3ncnc4c(F)cccc34)C2)n1. The van der Waals surface area contributed by atoms with Crippen molar-refractivity contribution < 1.29 is 4.39 Å². The average molecular weight is 342 g/mol. The molecular weight excluding hydrogens is 323 g/mol. The number of fused-ring (bicyclic) bond motifs is 1. The van der Waals surface area contributed by atoms with Crippen LogP contribution in [-0.2, 0) is 6.42 Å². The lowest BCUT2D eigenvalue weighted by atomic mass is 9.98. The number of hydrogen-bond acceptors (Lipinski definition) is 5. The summed E-state index contributed by atoms with van der Waals surface area (Å²) in [6, 6.07) is 5.07. The third-order valence-corrected chi connectivity index (χ3v) is 5.65. The number of anilines is 1. The summed E-state index contributed by atoms with van der Waals surface area (Å²) >= 11 is 1.75. The van der Waals surface area contributed by atoms with E-state index in [4.69, 9.17) is 4.98 Å². The van der Waals surface area contributed by atoms with E-state index < -0.39 is 0 Å². The molecule has 0 N–H and O–H groups in total. The molecule has 4 rings (SSSR count). The van der Waals surface area contributed by atoms with E-state index in [0.29, 0.717) is 11.4 Å². The molecule has 0 radical (unpaired) electrons. The molecule has 1 aliphatic rings. The third kappa shape index (κ3) is 2.75. The van der Waals surface area contributed by atoms with Gasteiger partial charge in [0.05, 0.1) is 10.7 Å². The number of benzene rings is 1. The van der Waals surface area contributed by atoms with Crippen LogP contribution in [0.15, 0.2) is 29.9 Å². The largest absolute Gasteiger partial charge is 0.355 e. The van der Waals surface area contributed by atoms with Crippen LogP contribution in [0.4, 0.5) is 10.2 Å². The van der Waals surface area contributed by atoms with Gasteiger partial charge in [-0.15, -0.1) is 11.3 Å². The maximum atomic E-state index is 14.0. The molecule has 1 aromatic carbocycles. The fraction of sp³-hybridized carbons (Fsp3) is 0.389. The van der Waals surface area contributed by atoms with Gasteiger partial charge in [-0.25, -0.2) is 19.3 Å². The molecule has 2 aromatic heterocycles. The molecule has 1 fully saturated rings. The van der Waals surface area contributed by atoms with Crippen LogP contribution in [0.3, 0.4) is 0 Å². The summed E-state index contributed by atoms with van der Waals surface area (Å²) in [4.78, 5) is 15.6. The lowest BCUT2D eigenvalue weighted by Gasteiger charge is -2.33. The highest BCUT2D eigenvalue weighted by atomic mass is 32.1. The maximum absolute atomic E-state index is 14.0. The normalized spacial score (nSPS) is 18.2. The van der Waals surface area contributed by atoms with Crippen LogP contribution in [0.25, 0.3) is 10.9 Å². The van der Waals surface area contributed by atoms with Gasteiger partial charge < -0.3 is 4.90 Å². The van der Waals surface area contributed by atoms with Crippen molar-refractivity contribution >= 4 is 28.1 Å². The minimum atomic E-state index is -0.294. The Bertz CT molecular complexity index is 863. The second-order valence-electron chi connectivity index (χ2n) is 6.15. The summed E-state index contributed by atoms with van der Waals surface area (Å²) in [5.41, 5.74) is 1.56. The Hall–Kier alpha value is -2.08. The zero-order valence-corrected chi connectivity index (χ0v) is 14.4. The van der Waals surface area contributed by atoms with Gasteiger partial charge >= 0.3 is 0 Å². The highest BCUT2D eigenvalue weighted by Gasteiger charge is 2.25. The first-order valence-corrected chi connectivity index (χ1v) is 9.22. The van der Waals surface area contributed by atoms with Crippen molar-refractivity contribution in [2.45, 2.75) is 32.1 Å². The van der Waals surface area contributed by atoms with E-state index in [9.17, 15) is 4.39 Å². The van der Waals surface area contributed by atoms with Crippen LogP contribution >= 0.6 is 11.3 Å². The van der Waals surface area contributed by atoms with Gasteiger partial charge in [0.15, 0.2) is 0 Å². The Morgan fingerprint density at radius 3 is 3.08 bits per heavy atom. The van der Waals surface area contributed by atoms with Crippen LogP contribution < -0.4 is 4.90 Å². The van der Waals surface area contributed by atoms with Crippen molar-refractivity contribution in [3.8, 4) is 0 Å². The first-order valence-electron chi connectivity index (χ1n) is 8.34. The second-order valence-corrected chi connectivity index (χ2v) is 7.04. The molecule has 0 aliphatic carbocycles. The highest BCUT2D eigenvalue weighted by molar-refractivity contribution is 7.09. The number of para-hydroxylation sites is 1. The predicted molar refractivity (Wildman–Crippen MR) is 95.2 cm³/mol. The van der Waals surface area contributed by atoms with Crippen molar-refractivity contribution in [1.82, 2.24) is 15.0 Å². The Kier molecular flexibility index (Phi) is 4.14. The third-order valence-electron chi connectivity index (χ3n) is 4.60. The number of hydrogen-bond donors (Lipinski definition) is 0. The number of thiazole rings is 1. The molecule has 124 valence electrons. The van der Waals surface area contributed by atoms with E-state index in [1.54, 1.807) is 17.4 Å². The molecule has 1 atom stereocenters. The molecule has 6 heteroatoms. The number of nitrogens with zero attached hydrogens (tertiary/aromatic N) is 4. The zero-order chi connectivity index (χ0) is 16.5. The lowest BCUT2D eigenvalue weighted by Crippen LogP contribution is -2.35. The molecule has 24 heavy (non-hydrogen) atoms. The number of aryl methyl sites for hydroxylation is 1. The fourth-order valence-corrected chi connectivity index (χ4v) is 4.36. The number of halogens is 1. The molecule has 0 bridgehead atoms. The number of piperidine rings is 1. The minimum absolute atomic E-state index is 0.294.